The predicted molar refractivity (Wildman–Crippen MR) is 137 cm³/mol. The number of hydrogen-bond donors (Lipinski definition) is 1. The molecule has 0 aromatic heterocycles. The molecule has 3 aliphatic heterocycles. The summed E-state index contributed by atoms with van der Waals surface area (Å²) < 4.78 is 3.56. The van der Waals surface area contributed by atoms with Gasteiger partial charge in [0.25, 0.3) is 5.56 Å². The third-order valence-electron chi connectivity index (χ3n) is 5.87. The summed E-state index contributed by atoms with van der Waals surface area (Å²) >= 11 is 3.05. The second-order valence-corrected chi connectivity index (χ2v) is 9.94. The lowest BCUT2D eigenvalue weighted by molar-refractivity contribution is -0.113. The van der Waals surface area contributed by atoms with Crippen LogP contribution in [0.15, 0.2) is 69.4 Å². The van der Waals surface area contributed by atoms with Gasteiger partial charge in [-0.3, -0.25) is 9.59 Å². The number of nitrogens with one attached hydrogen (secondary N) is 1. The lowest BCUT2D eigenvalue weighted by Gasteiger charge is -2.17. The Morgan fingerprint density at radius 1 is 1.06 bits per heavy atom. The maximum Gasteiger partial charge on any atom is 0.284 e. The molecule has 7 nitrogen and oxygen atoms in total. The van der Waals surface area contributed by atoms with Crippen LogP contribution >= 0.6 is 23.5 Å². The van der Waals surface area contributed by atoms with Crippen LogP contribution < -0.4 is 10.9 Å². The summed E-state index contributed by atoms with van der Waals surface area (Å²) in [5, 5.41) is 8.24. The van der Waals surface area contributed by atoms with E-state index in [1.54, 1.807) is 11.8 Å². The van der Waals surface area contributed by atoms with E-state index < -0.39 is 0 Å². The van der Waals surface area contributed by atoms with E-state index in [2.05, 4.69) is 15.0 Å². The van der Waals surface area contributed by atoms with E-state index in [9.17, 15) is 9.59 Å². The summed E-state index contributed by atoms with van der Waals surface area (Å²) in [6.45, 7) is 0.786. The van der Waals surface area contributed by atoms with E-state index in [4.69, 9.17) is 4.98 Å². The molecule has 0 fully saturated rings. The average Bonchev–Trinajstić information content (AvgIpc) is 3.03. The largest absolute Gasteiger partial charge is 0.325 e. The fourth-order valence-electron chi connectivity index (χ4n) is 4.21. The number of nitrogens with zero attached hydrogens (tertiary/aromatic N) is 4. The lowest BCUT2D eigenvalue weighted by atomic mass is 10.1. The Labute approximate surface area is 206 Å². The van der Waals surface area contributed by atoms with Crippen LogP contribution in [-0.4, -0.2) is 37.2 Å². The number of hydrogen-bond acceptors (Lipinski definition) is 6. The molecule has 0 saturated carbocycles. The van der Waals surface area contributed by atoms with Crippen molar-refractivity contribution in [2.75, 3.05) is 17.3 Å². The molecule has 9 heteroatoms. The first-order valence-corrected chi connectivity index (χ1v) is 13.5. The number of rotatable bonds is 6. The van der Waals surface area contributed by atoms with Crippen LogP contribution in [0.25, 0.3) is 17.1 Å². The second kappa shape index (κ2) is 10.1. The topological polar surface area (TPSA) is 81.8 Å². The summed E-state index contributed by atoms with van der Waals surface area (Å²) in [5.41, 5.74) is 2.93. The number of carbonyl (C=O) groups excluding carboxylic acids is 1. The molecule has 174 valence electrons. The molecule has 0 spiro atoms. The van der Waals surface area contributed by atoms with Crippen molar-refractivity contribution >= 4 is 35.1 Å². The summed E-state index contributed by atoms with van der Waals surface area (Å²) in [4.78, 5) is 31.9. The van der Waals surface area contributed by atoms with Crippen LogP contribution in [0.2, 0.25) is 0 Å². The van der Waals surface area contributed by atoms with E-state index in [0.29, 0.717) is 11.4 Å². The zero-order valence-electron chi connectivity index (χ0n) is 18.9. The van der Waals surface area contributed by atoms with Crippen LogP contribution in [0.4, 0.5) is 5.69 Å². The quantitative estimate of drug-likeness (QED) is 0.311. The molecule has 1 N–H and O–H groups in total. The highest BCUT2D eigenvalue weighted by molar-refractivity contribution is 7.99. The van der Waals surface area contributed by atoms with Crippen molar-refractivity contribution in [1.29, 1.82) is 0 Å². The molecule has 34 heavy (non-hydrogen) atoms. The number of anilines is 1. The zero-order valence-corrected chi connectivity index (χ0v) is 20.5. The molecule has 0 radical (unpaired) electrons. The van der Waals surface area contributed by atoms with Crippen LogP contribution in [0.3, 0.4) is 0 Å². The number of para-hydroxylation sites is 1. The highest BCUT2D eigenvalue weighted by Crippen LogP contribution is 2.30. The van der Waals surface area contributed by atoms with Gasteiger partial charge in [0.15, 0.2) is 11.0 Å². The number of fused-ring (bicyclic) bond motifs is 3. The smallest absolute Gasteiger partial charge is 0.284 e. The Bertz CT molecular complexity index is 1330. The van der Waals surface area contributed by atoms with Gasteiger partial charge in [0, 0.05) is 22.8 Å². The molecular weight excluding hydrogens is 466 g/mol. The number of carbonyl (C=O) groups is 1. The first kappa shape index (κ1) is 22.7. The predicted octanol–water partition coefficient (Wildman–Crippen LogP) is 4.71. The maximum absolute atomic E-state index is 13.3. The highest BCUT2D eigenvalue weighted by Gasteiger charge is 2.27. The summed E-state index contributed by atoms with van der Waals surface area (Å²) in [5.74, 6) is 0.579. The maximum atomic E-state index is 13.3. The van der Waals surface area contributed by atoms with Gasteiger partial charge in [-0.05, 0) is 61.9 Å². The third-order valence-corrected chi connectivity index (χ3v) is 7.59. The van der Waals surface area contributed by atoms with E-state index in [1.165, 1.54) is 16.4 Å². The van der Waals surface area contributed by atoms with Gasteiger partial charge in [0.1, 0.15) is 5.56 Å². The molecule has 0 atom stereocenters. The third kappa shape index (κ3) is 4.63. The normalized spacial score (nSPS) is 13.4. The molecule has 0 unspecified atom stereocenters. The number of thioether (sulfide) groups is 2. The zero-order chi connectivity index (χ0) is 23.5. The number of amides is 1. The lowest BCUT2D eigenvalue weighted by Crippen LogP contribution is -2.20. The Balaban J connectivity index is 1.45. The van der Waals surface area contributed by atoms with E-state index in [-0.39, 0.29) is 17.2 Å². The Morgan fingerprint density at radius 2 is 1.85 bits per heavy atom. The average molecular weight is 492 g/mol. The van der Waals surface area contributed by atoms with E-state index in [1.807, 2.05) is 60.9 Å². The molecule has 0 bridgehead atoms. The Hall–Kier alpha value is -3.04. The van der Waals surface area contributed by atoms with E-state index in [0.717, 1.165) is 59.3 Å². The molecule has 0 aliphatic carbocycles. The summed E-state index contributed by atoms with van der Waals surface area (Å²) in [6, 6.07) is 17.2. The minimum atomic E-state index is -0.137. The van der Waals surface area contributed by atoms with Crippen LogP contribution in [0, 0.1) is 0 Å². The van der Waals surface area contributed by atoms with Gasteiger partial charge < -0.3 is 9.88 Å². The van der Waals surface area contributed by atoms with Gasteiger partial charge in [0.2, 0.25) is 5.91 Å². The molecule has 2 aromatic rings. The molecule has 3 heterocycles. The van der Waals surface area contributed by atoms with Crippen molar-refractivity contribution < 1.29 is 4.79 Å². The van der Waals surface area contributed by atoms with Crippen LogP contribution in [-0.2, 0) is 17.8 Å². The van der Waals surface area contributed by atoms with Gasteiger partial charge in [-0.1, -0.05) is 36.4 Å². The van der Waals surface area contributed by atoms with Crippen molar-refractivity contribution in [2.24, 2.45) is 0 Å². The van der Waals surface area contributed by atoms with Gasteiger partial charge >= 0.3 is 0 Å². The van der Waals surface area contributed by atoms with E-state index >= 15 is 0 Å². The van der Waals surface area contributed by atoms with Crippen molar-refractivity contribution in [3.05, 3.63) is 70.6 Å². The first-order chi connectivity index (χ1) is 16.6. The minimum Gasteiger partial charge on any atom is -0.325 e. The number of aromatic nitrogens is 4. The van der Waals surface area contributed by atoms with Crippen molar-refractivity contribution in [2.45, 2.75) is 42.3 Å². The van der Waals surface area contributed by atoms with Crippen molar-refractivity contribution in [3.63, 3.8) is 0 Å². The van der Waals surface area contributed by atoms with Gasteiger partial charge in [-0.25, -0.2) is 4.98 Å². The highest BCUT2D eigenvalue weighted by atomic mass is 32.2. The van der Waals surface area contributed by atoms with Gasteiger partial charge in [-0.2, -0.15) is 4.68 Å². The SMILES string of the molecule is CSc1ccc(NC(=O)CSc2nc3nn(-c4ccccc4)c(=O)c-3c3n2CCCCC3)cc1. The fraction of sp³-hybridized carbons (Fsp3) is 0.280. The van der Waals surface area contributed by atoms with Gasteiger partial charge in [0.05, 0.1) is 11.4 Å². The molecule has 1 amide bonds. The molecular formula is C25H25N5O2S2. The molecule has 3 aliphatic rings. The van der Waals surface area contributed by atoms with Crippen molar-refractivity contribution in [3.8, 4) is 17.1 Å². The Kier molecular flexibility index (Phi) is 6.73. The molecule has 2 aromatic carbocycles. The Morgan fingerprint density at radius 3 is 2.62 bits per heavy atom. The molecule has 0 saturated heterocycles. The number of benzene rings is 2. The van der Waals surface area contributed by atoms with Gasteiger partial charge in [-0.15, -0.1) is 16.9 Å². The fourth-order valence-corrected chi connectivity index (χ4v) is 5.46. The first-order valence-electron chi connectivity index (χ1n) is 11.3. The minimum absolute atomic E-state index is 0.0916. The summed E-state index contributed by atoms with van der Waals surface area (Å²) in [7, 11) is 0. The van der Waals surface area contributed by atoms with Crippen LogP contribution in [0.5, 0.6) is 0 Å². The monoisotopic (exact) mass is 491 g/mol. The second-order valence-electron chi connectivity index (χ2n) is 8.12. The van der Waals surface area contributed by atoms with Crippen LogP contribution in [0.1, 0.15) is 25.0 Å². The van der Waals surface area contributed by atoms with Crippen molar-refractivity contribution in [1.82, 2.24) is 19.3 Å². The molecule has 5 rings (SSSR count). The standard InChI is InChI=1S/C25H25N5O2S2/c1-33-19-13-11-17(12-14-19)26-21(31)16-34-25-27-23-22(20-10-6-3-7-15-29(20)25)24(32)30(28-23)18-8-4-2-5-9-18/h2,4-5,8-9,11-14H,3,6-7,10,15-16H2,1H3,(H,26,31). The summed E-state index contributed by atoms with van der Waals surface area (Å²) in [6.07, 6.45) is 5.96.